The summed E-state index contributed by atoms with van der Waals surface area (Å²) in [4.78, 5) is 12.1. The van der Waals surface area contributed by atoms with Gasteiger partial charge in [-0.05, 0) is 63.7 Å². The van der Waals surface area contributed by atoms with Gasteiger partial charge in [0.1, 0.15) is 5.75 Å². The van der Waals surface area contributed by atoms with Crippen LogP contribution in [0.3, 0.4) is 0 Å². The summed E-state index contributed by atoms with van der Waals surface area (Å²) in [5.41, 5.74) is 5.36. The molecule has 0 bridgehead atoms. The quantitative estimate of drug-likeness (QED) is 0.478. The van der Waals surface area contributed by atoms with Crippen molar-refractivity contribution in [1.29, 1.82) is 0 Å². The Labute approximate surface area is 174 Å². The minimum absolute atomic E-state index is 0.115. The maximum atomic E-state index is 12.1. The van der Waals surface area contributed by atoms with Gasteiger partial charge in [0.15, 0.2) is 18.1 Å². The molecule has 0 aliphatic rings. The predicted molar refractivity (Wildman–Crippen MR) is 114 cm³/mol. The number of halogens is 1. The van der Waals surface area contributed by atoms with Crippen molar-refractivity contribution in [2.24, 2.45) is 5.10 Å². The molecule has 1 N–H and O–H groups in total. The van der Waals surface area contributed by atoms with E-state index in [1.807, 2.05) is 31.2 Å². The molecule has 150 valence electrons. The van der Waals surface area contributed by atoms with Crippen LogP contribution in [-0.4, -0.2) is 32.9 Å². The molecule has 7 heteroatoms. The zero-order chi connectivity index (χ0) is 20.7. The van der Waals surface area contributed by atoms with Crippen LogP contribution in [0, 0.1) is 6.92 Å². The standard InChI is InChI=1S/C21H25BrN2O4/c1-13(2)16-7-6-14(3)8-18(16)28-12-20(25)24-23-11-15-9-17(22)21(27-5)19(10-15)26-4/h6-11,13H,12H2,1-5H3,(H,24,25)/b23-11+. The lowest BCUT2D eigenvalue weighted by molar-refractivity contribution is -0.123. The minimum atomic E-state index is -0.341. The highest BCUT2D eigenvalue weighted by Crippen LogP contribution is 2.35. The molecular weight excluding hydrogens is 424 g/mol. The van der Waals surface area contributed by atoms with E-state index in [0.29, 0.717) is 17.4 Å². The number of hydrogen-bond acceptors (Lipinski definition) is 5. The molecule has 0 saturated carbocycles. The average molecular weight is 449 g/mol. The van der Waals surface area contributed by atoms with Crippen LogP contribution in [0.5, 0.6) is 17.2 Å². The van der Waals surface area contributed by atoms with E-state index in [1.165, 1.54) is 6.21 Å². The third kappa shape index (κ3) is 5.73. The van der Waals surface area contributed by atoms with Crippen LogP contribution in [0.25, 0.3) is 0 Å². The summed E-state index contributed by atoms with van der Waals surface area (Å²) in [7, 11) is 3.12. The first kappa shape index (κ1) is 21.8. The van der Waals surface area contributed by atoms with Gasteiger partial charge < -0.3 is 14.2 Å². The molecule has 2 aromatic carbocycles. The second-order valence-electron chi connectivity index (χ2n) is 6.52. The Hall–Kier alpha value is -2.54. The number of hydrazone groups is 1. The van der Waals surface area contributed by atoms with Crippen LogP contribution < -0.4 is 19.6 Å². The Bertz CT molecular complexity index is 866. The molecule has 0 aliphatic carbocycles. The number of carbonyl (C=O) groups is 1. The number of rotatable bonds is 8. The van der Waals surface area contributed by atoms with Gasteiger partial charge in [-0.25, -0.2) is 5.43 Å². The van der Waals surface area contributed by atoms with Gasteiger partial charge in [0.05, 0.1) is 24.9 Å². The molecule has 2 aromatic rings. The average Bonchev–Trinajstić information content (AvgIpc) is 2.65. The number of methoxy groups -OCH3 is 2. The summed E-state index contributed by atoms with van der Waals surface area (Å²) in [6.45, 7) is 6.05. The van der Waals surface area contributed by atoms with Gasteiger partial charge in [-0.15, -0.1) is 0 Å². The van der Waals surface area contributed by atoms with Crippen molar-refractivity contribution in [3.05, 3.63) is 51.5 Å². The Balaban J connectivity index is 1.98. The highest BCUT2D eigenvalue weighted by atomic mass is 79.9. The van der Waals surface area contributed by atoms with Gasteiger partial charge >= 0.3 is 0 Å². The van der Waals surface area contributed by atoms with Gasteiger partial charge in [-0.3, -0.25) is 4.79 Å². The van der Waals surface area contributed by atoms with Gasteiger partial charge in [0.2, 0.25) is 0 Å². The first-order valence-corrected chi connectivity index (χ1v) is 9.61. The molecule has 0 unspecified atom stereocenters. The van der Waals surface area contributed by atoms with Crippen molar-refractivity contribution in [3.63, 3.8) is 0 Å². The van der Waals surface area contributed by atoms with Gasteiger partial charge in [0, 0.05) is 0 Å². The number of carbonyl (C=O) groups excluding carboxylic acids is 1. The van der Waals surface area contributed by atoms with E-state index in [-0.39, 0.29) is 12.5 Å². The molecule has 0 aromatic heterocycles. The fourth-order valence-electron chi connectivity index (χ4n) is 2.61. The van der Waals surface area contributed by atoms with Crippen molar-refractivity contribution in [1.82, 2.24) is 5.43 Å². The van der Waals surface area contributed by atoms with Gasteiger partial charge in [0.25, 0.3) is 5.91 Å². The third-order valence-electron chi connectivity index (χ3n) is 4.01. The smallest absolute Gasteiger partial charge is 0.277 e. The number of aryl methyl sites for hydroxylation is 1. The van der Waals surface area contributed by atoms with Crippen LogP contribution in [0.4, 0.5) is 0 Å². The van der Waals surface area contributed by atoms with E-state index >= 15 is 0 Å². The molecule has 2 rings (SSSR count). The molecule has 0 heterocycles. The normalized spacial score (nSPS) is 11.0. The van der Waals surface area contributed by atoms with Crippen molar-refractivity contribution in [2.45, 2.75) is 26.7 Å². The lowest BCUT2D eigenvalue weighted by Gasteiger charge is -2.14. The number of ether oxygens (including phenoxy) is 3. The second kappa shape index (κ2) is 10.1. The summed E-state index contributed by atoms with van der Waals surface area (Å²) < 4.78 is 17.0. The van der Waals surface area contributed by atoms with E-state index in [9.17, 15) is 4.79 Å². The van der Waals surface area contributed by atoms with E-state index in [1.54, 1.807) is 20.3 Å². The lowest BCUT2D eigenvalue weighted by atomic mass is 10.0. The molecule has 28 heavy (non-hydrogen) atoms. The highest BCUT2D eigenvalue weighted by molar-refractivity contribution is 9.10. The Morgan fingerprint density at radius 3 is 2.57 bits per heavy atom. The summed E-state index contributed by atoms with van der Waals surface area (Å²) in [6.07, 6.45) is 1.52. The molecule has 0 fully saturated rings. The Morgan fingerprint density at radius 2 is 1.93 bits per heavy atom. The monoisotopic (exact) mass is 448 g/mol. The molecule has 6 nitrogen and oxygen atoms in total. The van der Waals surface area contributed by atoms with E-state index in [2.05, 4.69) is 40.3 Å². The zero-order valence-electron chi connectivity index (χ0n) is 16.7. The number of nitrogens with zero attached hydrogens (tertiary/aromatic N) is 1. The Morgan fingerprint density at radius 1 is 1.18 bits per heavy atom. The third-order valence-corrected chi connectivity index (χ3v) is 4.60. The molecule has 0 aliphatic heterocycles. The largest absolute Gasteiger partial charge is 0.493 e. The molecule has 0 saturated heterocycles. The summed E-state index contributed by atoms with van der Waals surface area (Å²) >= 11 is 3.42. The van der Waals surface area contributed by atoms with Crippen LogP contribution in [-0.2, 0) is 4.79 Å². The maximum Gasteiger partial charge on any atom is 0.277 e. The van der Waals surface area contributed by atoms with Crippen LogP contribution in [0.15, 0.2) is 39.9 Å². The molecule has 1 amide bonds. The summed E-state index contributed by atoms with van der Waals surface area (Å²) in [6, 6.07) is 9.58. The topological polar surface area (TPSA) is 69.2 Å². The zero-order valence-corrected chi connectivity index (χ0v) is 18.3. The molecular formula is C21H25BrN2O4. The van der Waals surface area contributed by atoms with Crippen molar-refractivity contribution in [3.8, 4) is 17.2 Å². The first-order valence-electron chi connectivity index (χ1n) is 8.82. The Kier molecular flexibility index (Phi) is 7.87. The van der Waals surface area contributed by atoms with E-state index in [4.69, 9.17) is 14.2 Å². The van der Waals surface area contributed by atoms with Crippen LogP contribution >= 0.6 is 15.9 Å². The van der Waals surface area contributed by atoms with Crippen molar-refractivity contribution < 1.29 is 19.0 Å². The van der Waals surface area contributed by atoms with Crippen molar-refractivity contribution >= 4 is 28.1 Å². The molecule has 0 spiro atoms. The summed E-state index contributed by atoms with van der Waals surface area (Å²) in [5, 5.41) is 3.98. The molecule has 0 radical (unpaired) electrons. The lowest BCUT2D eigenvalue weighted by Crippen LogP contribution is -2.25. The van der Waals surface area contributed by atoms with Gasteiger partial charge in [-0.1, -0.05) is 26.0 Å². The maximum absolute atomic E-state index is 12.1. The first-order chi connectivity index (χ1) is 13.3. The summed E-state index contributed by atoms with van der Waals surface area (Å²) in [5.74, 6) is 1.84. The molecule has 0 atom stereocenters. The fourth-order valence-corrected chi connectivity index (χ4v) is 3.23. The second-order valence-corrected chi connectivity index (χ2v) is 7.37. The van der Waals surface area contributed by atoms with Gasteiger partial charge in [-0.2, -0.15) is 5.10 Å². The number of benzene rings is 2. The number of nitrogens with one attached hydrogen (secondary N) is 1. The van der Waals surface area contributed by atoms with Crippen molar-refractivity contribution in [2.75, 3.05) is 20.8 Å². The fraction of sp³-hybridized carbons (Fsp3) is 0.333. The number of hydrogen-bond donors (Lipinski definition) is 1. The SMILES string of the molecule is COc1cc(/C=N/NC(=O)COc2cc(C)ccc2C(C)C)cc(Br)c1OC. The van der Waals surface area contributed by atoms with Crippen LogP contribution in [0.2, 0.25) is 0 Å². The van der Waals surface area contributed by atoms with E-state index < -0.39 is 0 Å². The van der Waals surface area contributed by atoms with Crippen LogP contribution in [0.1, 0.15) is 36.5 Å². The van der Waals surface area contributed by atoms with E-state index in [0.717, 1.165) is 26.9 Å². The predicted octanol–water partition coefficient (Wildman–Crippen LogP) is 4.43. The highest BCUT2D eigenvalue weighted by Gasteiger charge is 2.11. The number of amides is 1. The minimum Gasteiger partial charge on any atom is -0.493 e.